The summed E-state index contributed by atoms with van der Waals surface area (Å²) in [6.45, 7) is -0.470. The molecule has 0 spiro atoms. The highest BCUT2D eigenvalue weighted by atomic mass is 79.9. The van der Waals surface area contributed by atoms with Gasteiger partial charge in [-0.25, -0.2) is 4.79 Å². The molecule has 2 aromatic carbocycles. The van der Waals surface area contributed by atoms with Gasteiger partial charge in [-0.3, -0.25) is 4.79 Å². The summed E-state index contributed by atoms with van der Waals surface area (Å²) in [5.74, 6) is -1.20. The van der Waals surface area contributed by atoms with Gasteiger partial charge < -0.3 is 15.0 Å². The Bertz CT molecular complexity index is 951. The predicted molar refractivity (Wildman–Crippen MR) is 101 cm³/mol. The van der Waals surface area contributed by atoms with E-state index in [0.717, 1.165) is 10.9 Å². The monoisotopic (exact) mass is 440 g/mol. The number of hydrogen-bond donors (Lipinski definition) is 2. The van der Waals surface area contributed by atoms with Crippen LogP contribution in [0.5, 0.6) is 0 Å². The molecule has 128 valence electrons. The molecule has 0 aliphatic heterocycles. The SMILES string of the molecule is O=C(COC(=O)c1[nH]c2ccccc2c1Br)Nc1c(Cl)cccc1Cl. The van der Waals surface area contributed by atoms with E-state index < -0.39 is 18.5 Å². The van der Waals surface area contributed by atoms with Crippen molar-refractivity contribution in [1.29, 1.82) is 0 Å². The summed E-state index contributed by atoms with van der Waals surface area (Å²) in [7, 11) is 0. The van der Waals surface area contributed by atoms with Crippen LogP contribution in [0, 0.1) is 0 Å². The summed E-state index contributed by atoms with van der Waals surface area (Å²) in [6.07, 6.45) is 0. The zero-order valence-corrected chi connectivity index (χ0v) is 15.7. The first-order valence-corrected chi connectivity index (χ1v) is 8.69. The molecular weight excluding hydrogens is 431 g/mol. The largest absolute Gasteiger partial charge is 0.451 e. The molecule has 3 rings (SSSR count). The lowest BCUT2D eigenvalue weighted by Gasteiger charge is -2.09. The Labute approximate surface area is 161 Å². The molecule has 0 saturated heterocycles. The van der Waals surface area contributed by atoms with Crippen LogP contribution in [0.1, 0.15) is 10.5 Å². The smallest absolute Gasteiger partial charge is 0.356 e. The average Bonchev–Trinajstić information content (AvgIpc) is 2.93. The third-order valence-corrected chi connectivity index (χ3v) is 4.86. The van der Waals surface area contributed by atoms with Crippen LogP contribution in [-0.2, 0) is 9.53 Å². The van der Waals surface area contributed by atoms with Crippen LogP contribution in [0.15, 0.2) is 46.9 Å². The number of nitrogens with one attached hydrogen (secondary N) is 2. The van der Waals surface area contributed by atoms with Gasteiger partial charge in [0.1, 0.15) is 5.69 Å². The van der Waals surface area contributed by atoms with E-state index in [-0.39, 0.29) is 11.4 Å². The standard InChI is InChI=1S/C17H11BrCl2N2O3/c18-14-9-4-1-2-7-12(9)21-16(14)17(24)25-8-13(23)22-15-10(19)5-3-6-11(15)20/h1-7,21H,8H2,(H,22,23). The van der Waals surface area contributed by atoms with Crippen molar-refractivity contribution in [3.05, 3.63) is 62.7 Å². The zero-order chi connectivity index (χ0) is 18.0. The lowest BCUT2D eigenvalue weighted by atomic mass is 10.2. The molecule has 8 heteroatoms. The second-order valence-electron chi connectivity index (χ2n) is 5.08. The second-order valence-corrected chi connectivity index (χ2v) is 6.69. The average molecular weight is 442 g/mol. The highest BCUT2D eigenvalue weighted by Gasteiger charge is 2.18. The van der Waals surface area contributed by atoms with Gasteiger partial charge in [0.05, 0.1) is 20.2 Å². The van der Waals surface area contributed by atoms with Crippen LogP contribution < -0.4 is 5.32 Å². The fraction of sp³-hybridized carbons (Fsp3) is 0.0588. The van der Waals surface area contributed by atoms with Gasteiger partial charge in [0.2, 0.25) is 0 Å². The molecule has 0 saturated carbocycles. The first kappa shape index (κ1) is 17.8. The Balaban J connectivity index is 1.67. The van der Waals surface area contributed by atoms with Crippen LogP contribution in [-0.4, -0.2) is 23.5 Å². The fourth-order valence-corrected chi connectivity index (χ4v) is 3.34. The predicted octanol–water partition coefficient (Wildman–Crippen LogP) is 5.03. The van der Waals surface area contributed by atoms with Gasteiger partial charge in [0.25, 0.3) is 5.91 Å². The summed E-state index contributed by atoms with van der Waals surface area (Å²) in [4.78, 5) is 27.2. The van der Waals surface area contributed by atoms with Gasteiger partial charge >= 0.3 is 5.97 Å². The van der Waals surface area contributed by atoms with Crippen LogP contribution in [0.3, 0.4) is 0 Å². The number of carbonyl (C=O) groups is 2. The molecule has 1 amide bonds. The first-order valence-electron chi connectivity index (χ1n) is 7.14. The van der Waals surface area contributed by atoms with Crippen molar-refractivity contribution in [1.82, 2.24) is 4.98 Å². The van der Waals surface area contributed by atoms with Gasteiger partial charge in [-0.2, -0.15) is 0 Å². The number of anilines is 1. The molecule has 0 radical (unpaired) electrons. The van der Waals surface area contributed by atoms with Gasteiger partial charge in [-0.15, -0.1) is 0 Å². The van der Waals surface area contributed by atoms with E-state index in [4.69, 9.17) is 27.9 Å². The van der Waals surface area contributed by atoms with E-state index in [1.807, 2.05) is 24.3 Å². The zero-order valence-electron chi connectivity index (χ0n) is 12.6. The number of H-pyrrole nitrogens is 1. The Kier molecular flexibility index (Phi) is 5.32. The van der Waals surface area contributed by atoms with Crippen molar-refractivity contribution >= 4 is 67.6 Å². The summed E-state index contributed by atoms with van der Waals surface area (Å²) >= 11 is 15.3. The molecule has 1 aromatic heterocycles. The molecule has 2 N–H and O–H groups in total. The number of amides is 1. The van der Waals surface area contributed by atoms with E-state index in [1.165, 1.54) is 0 Å². The lowest BCUT2D eigenvalue weighted by molar-refractivity contribution is -0.119. The van der Waals surface area contributed by atoms with Gasteiger partial charge in [0.15, 0.2) is 6.61 Å². The Morgan fingerprint density at radius 3 is 2.44 bits per heavy atom. The van der Waals surface area contributed by atoms with Crippen molar-refractivity contribution in [3.8, 4) is 0 Å². The van der Waals surface area contributed by atoms with Crippen LogP contribution in [0.2, 0.25) is 10.0 Å². The number of halogens is 3. The number of rotatable bonds is 4. The molecule has 0 atom stereocenters. The van der Waals surface area contributed by atoms with E-state index in [2.05, 4.69) is 26.2 Å². The minimum absolute atomic E-state index is 0.241. The minimum atomic E-state index is -0.650. The summed E-state index contributed by atoms with van der Waals surface area (Å²) in [5.41, 5.74) is 1.30. The molecule has 0 aliphatic carbocycles. The number of fused-ring (bicyclic) bond motifs is 1. The number of aromatic amines is 1. The maximum Gasteiger partial charge on any atom is 0.356 e. The van der Waals surface area contributed by atoms with Crippen molar-refractivity contribution in [3.63, 3.8) is 0 Å². The van der Waals surface area contributed by atoms with Crippen LogP contribution in [0.4, 0.5) is 5.69 Å². The quantitative estimate of drug-likeness (QED) is 0.557. The maximum atomic E-state index is 12.2. The van der Waals surface area contributed by atoms with Crippen LogP contribution in [0.25, 0.3) is 10.9 Å². The molecule has 1 heterocycles. The number of esters is 1. The Morgan fingerprint density at radius 1 is 1.08 bits per heavy atom. The van der Waals surface area contributed by atoms with Crippen molar-refractivity contribution < 1.29 is 14.3 Å². The molecule has 0 aliphatic rings. The minimum Gasteiger partial charge on any atom is -0.451 e. The molecule has 25 heavy (non-hydrogen) atoms. The maximum absolute atomic E-state index is 12.2. The van der Waals surface area contributed by atoms with E-state index in [9.17, 15) is 9.59 Å². The molecular formula is C17H11BrCl2N2O3. The third kappa shape index (κ3) is 3.81. The highest BCUT2D eigenvalue weighted by molar-refractivity contribution is 9.10. The van der Waals surface area contributed by atoms with E-state index >= 15 is 0 Å². The number of para-hydroxylation sites is 2. The summed E-state index contributed by atoms with van der Waals surface area (Å²) in [5, 5.41) is 3.97. The van der Waals surface area contributed by atoms with Gasteiger partial charge in [0, 0.05) is 10.9 Å². The number of hydrogen-bond acceptors (Lipinski definition) is 3. The normalized spacial score (nSPS) is 10.7. The number of carbonyl (C=O) groups excluding carboxylic acids is 2. The number of aromatic nitrogens is 1. The third-order valence-electron chi connectivity index (χ3n) is 3.41. The highest BCUT2D eigenvalue weighted by Crippen LogP contribution is 2.30. The van der Waals surface area contributed by atoms with Gasteiger partial charge in [-0.1, -0.05) is 47.5 Å². The van der Waals surface area contributed by atoms with Crippen molar-refractivity contribution in [2.45, 2.75) is 0 Å². The van der Waals surface area contributed by atoms with E-state index in [1.54, 1.807) is 18.2 Å². The lowest BCUT2D eigenvalue weighted by Crippen LogP contribution is -2.21. The van der Waals surface area contributed by atoms with Crippen molar-refractivity contribution in [2.24, 2.45) is 0 Å². The molecule has 3 aromatic rings. The topological polar surface area (TPSA) is 71.2 Å². The Morgan fingerprint density at radius 2 is 1.76 bits per heavy atom. The number of ether oxygens (including phenoxy) is 1. The second kappa shape index (κ2) is 7.47. The van der Waals surface area contributed by atoms with E-state index in [0.29, 0.717) is 14.5 Å². The fourth-order valence-electron chi connectivity index (χ4n) is 2.24. The Hall–Kier alpha value is -2.02. The van der Waals surface area contributed by atoms with Crippen molar-refractivity contribution in [2.75, 3.05) is 11.9 Å². The summed E-state index contributed by atoms with van der Waals surface area (Å²) < 4.78 is 5.64. The molecule has 0 unspecified atom stereocenters. The summed E-state index contributed by atoms with van der Waals surface area (Å²) in [6, 6.07) is 12.3. The molecule has 0 bridgehead atoms. The number of benzene rings is 2. The van der Waals surface area contributed by atoms with Gasteiger partial charge in [-0.05, 0) is 34.1 Å². The molecule has 0 fully saturated rings. The first-order chi connectivity index (χ1) is 12.0. The molecule has 5 nitrogen and oxygen atoms in total. The van der Waals surface area contributed by atoms with Crippen LogP contribution >= 0.6 is 39.1 Å².